The number of para-hydroxylation sites is 1. The van der Waals surface area contributed by atoms with Gasteiger partial charge in [-0.15, -0.1) is 0 Å². The molecule has 0 saturated carbocycles. The Kier molecular flexibility index (Phi) is 8.79. The molecular weight excluding hydrogens is 572 g/mol. The number of amides is 4. The van der Waals surface area contributed by atoms with E-state index in [2.05, 4.69) is 10.2 Å². The molecule has 0 bridgehead atoms. The maximum atomic E-state index is 14.3. The van der Waals surface area contributed by atoms with E-state index in [-0.39, 0.29) is 43.1 Å². The number of carbonyl (C=O) groups excluding carboxylic acids is 3. The summed E-state index contributed by atoms with van der Waals surface area (Å²) in [5, 5.41) is 16.3. The molecule has 2 N–H and O–H groups in total. The molecule has 2 saturated heterocycles. The van der Waals surface area contributed by atoms with Crippen LogP contribution < -0.4 is 15.0 Å². The van der Waals surface area contributed by atoms with Crippen molar-refractivity contribution >= 4 is 23.5 Å². The van der Waals surface area contributed by atoms with Crippen molar-refractivity contribution in [3.05, 3.63) is 89.5 Å². The Labute approximate surface area is 263 Å². The number of rotatable bonds is 9. The second kappa shape index (κ2) is 13.1. The number of piperazine rings is 1. The molecule has 3 heterocycles. The summed E-state index contributed by atoms with van der Waals surface area (Å²) in [5.74, 6) is 0.574. The largest absolute Gasteiger partial charge is 0.508 e. The van der Waals surface area contributed by atoms with Crippen LogP contribution >= 0.6 is 0 Å². The van der Waals surface area contributed by atoms with E-state index in [1.165, 1.54) is 0 Å². The highest BCUT2D eigenvalue weighted by Crippen LogP contribution is 2.36. The third-order valence-corrected chi connectivity index (χ3v) is 8.71. The highest BCUT2D eigenvalue weighted by atomic mass is 16.5. The number of aromatic hydroxyl groups is 1. The number of hydrogen-bond acceptors (Lipinski definition) is 7. The molecule has 0 radical (unpaired) electrons. The SMILES string of the molecule is CCCN(C(=O)NCc1ccccc1)N1CC(=O)N2[C@@H](Cc3ccc(O)cc3)C(=O)N(Cc3cccc4c3N(C)CCO4)C[C@@H]21. The topological polar surface area (TPSA) is 109 Å². The van der Waals surface area contributed by atoms with Gasteiger partial charge in [-0.1, -0.05) is 61.5 Å². The lowest BCUT2D eigenvalue weighted by Gasteiger charge is -2.46. The average molecular weight is 613 g/mol. The van der Waals surface area contributed by atoms with E-state index < -0.39 is 12.2 Å². The number of phenols is 1. The molecule has 0 spiro atoms. The van der Waals surface area contributed by atoms with Crippen molar-refractivity contribution in [3.8, 4) is 11.5 Å². The lowest BCUT2D eigenvalue weighted by molar-refractivity contribution is -0.157. The predicted octanol–water partition coefficient (Wildman–Crippen LogP) is 3.18. The van der Waals surface area contributed by atoms with E-state index in [1.54, 1.807) is 34.2 Å². The van der Waals surface area contributed by atoms with Crippen molar-refractivity contribution in [2.24, 2.45) is 0 Å². The highest BCUT2D eigenvalue weighted by Gasteiger charge is 2.52. The van der Waals surface area contributed by atoms with E-state index in [1.807, 2.05) is 72.4 Å². The first-order valence-corrected chi connectivity index (χ1v) is 15.5. The Morgan fingerprint density at radius 1 is 1.02 bits per heavy atom. The van der Waals surface area contributed by atoms with Gasteiger partial charge in [0.1, 0.15) is 30.3 Å². The molecule has 0 aromatic heterocycles. The van der Waals surface area contributed by atoms with Gasteiger partial charge in [0, 0.05) is 33.1 Å². The van der Waals surface area contributed by atoms with Crippen molar-refractivity contribution in [1.29, 1.82) is 0 Å². The molecule has 4 amide bonds. The minimum atomic E-state index is -0.768. The second-order valence-corrected chi connectivity index (χ2v) is 11.8. The van der Waals surface area contributed by atoms with Crippen LogP contribution in [0.3, 0.4) is 0 Å². The number of anilines is 1. The van der Waals surface area contributed by atoms with Crippen molar-refractivity contribution in [1.82, 2.24) is 25.1 Å². The van der Waals surface area contributed by atoms with Crippen LogP contribution in [0.2, 0.25) is 0 Å². The number of nitrogens with one attached hydrogen (secondary N) is 1. The summed E-state index contributed by atoms with van der Waals surface area (Å²) in [6, 6.07) is 21.2. The summed E-state index contributed by atoms with van der Waals surface area (Å²) in [6.45, 7) is 4.69. The van der Waals surface area contributed by atoms with Gasteiger partial charge in [-0.05, 0) is 41.3 Å². The summed E-state index contributed by atoms with van der Waals surface area (Å²) in [4.78, 5) is 47.2. The number of carbonyl (C=O) groups is 3. The first kappa shape index (κ1) is 30.3. The Morgan fingerprint density at radius 2 is 1.80 bits per heavy atom. The average Bonchev–Trinajstić information content (AvgIpc) is 3.37. The zero-order valence-electron chi connectivity index (χ0n) is 25.8. The van der Waals surface area contributed by atoms with Crippen LogP contribution in [0, 0.1) is 0 Å². The highest BCUT2D eigenvalue weighted by molar-refractivity contribution is 5.92. The molecule has 11 heteroatoms. The first-order chi connectivity index (χ1) is 21.8. The van der Waals surface area contributed by atoms with Crippen molar-refractivity contribution < 1.29 is 24.2 Å². The van der Waals surface area contributed by atoms with Gasteiger partial charge in [0.25, 0.3) is 0 Å². The van der Waals surface area contributed by atoms with Crippen molar-refractivity contribution in [2.75, 3.05) is 44.7 Å². The molecular formula is C34H40N6O5. The fraction of sp³-hybridized carbons (Fsp3) is 0.382. The zero-order chi connectivity index (χ0) is 31.5. The molecule has 3 aromatic rings. The van der Waals surface area contributed by atoms with Gasteiger partial charge < -0.3 is 29.9 Å². The number of ether oxygens (including phenoxy) is 1. The summed E-state index contributed by atoms with van der Waals surface area (Å²) >= 11 is 0. The van der Waals surface area contributed by atoms with E-state index in [9.17, 15) is 19.5 Å². The van der Waals surface area contributed by atoms with E-state index in [0.29, 0.717) is 32.7 Å². The molecule has 45 heavy (non-hydrogen) atoms. The van der Waals surface area contributed by atoms with Gasteiger partial charge in [-0.2, -0.15) is 5.01 Å². The van der Waals surface area contributed by atoms with Crippen molar-refractivity contribution in [2.45, 2.75) is 45.1 Å². The summed E-state index contributed by atoms with van der Waals surface area (Å²) < 4.78 is 5.92. The smallest absolute Gasteiger partial charge is 0.332 e. The van der Waals surface area contributed by atoms with Crippen LogP contribution in [0.4, 0.5) is 10.5 Å². The van der Waals surface area contributed by atoms with E-state index in [0.717, 1.165) is 34.7 Å². The van der Waals surface area contributed by atoms with Crippen LogP contribution in [-0.2, 0) is 29.1 Å². The molecule has 2 fully saturated rings. The molecule has 236 valence electrons. The van der Waals surface area contributed by atoms with Crippen LogP contribution in [0.5, 0.6) is 11.5 Å². The fourth-order valence-corrected chi connectivity index (χ4v) is 6.52. The van der Waals surface area contributed by atoms with Gasteiger partial charge in [0.05, 0.1) is 25.3 Å². The van der Waals surface area contributed by atoms with Gasteiger partial charge in [0.15, 0.2) is 0 Å². The normalized spacial score (nSPS) is 19.6. The predicted molar refractivity (Wildman–Crippen MR) is 169 cm³/mol. The number of fused-ring (bicyclic) bond motifs is 2. The Hall–Kier alpha value is -4.77. The number of nitrogens with zero attached hydrogens (tertiary/aromatic N) is 5. The van der Waals surface area contributed by atoms with Crippen LogP contribution in [0.25, 0.3) is 0 Å². The van der Waals surface area contributed by atoms with E-state index in [4.69, 9.17) is 4.74 Å². The van der Waals surface area contributed by atoms with Crippen LogP contribution in [-0.4, -0.2) is 94.8 Å². The molecule has 0 unspecified atom stereocenters. The Morgan fingerprint density at radius 3 is 2.56 bits per heavy atom. The standard InChI is InChI=1S/C34H40N6O5/c1-3-16-38(34(44)35-20-25-8-5-4-6-9-25)39-23-31(42)40-28(19-24-12-14-27(41)15-13-24)33(43)37(22-30(39)40)21-26-10-7-11-29-32(26)36(2)17-18-45-29/h4-15,28,30,41H,3,16-23H2,1-2H3,(H,35,44)/t28-,30+/m0/s1. The summed E-state index contributed by atoms with van der Waals surface area (Å²) in [5.41, 5.74) is 3.72. The Balaban J connectivity index is 1.31. The molecule has 2 atom stereocenters. The number of urea groups is 1. The number of phenolic OH excluding ortho intramolecular Hbond substituents is 1. The summed E-state index contributed by atoms with van der Waals surface area (Å²) in [6.07, 6.45) is 0.452. The number of likely N-dealkylation sites (N-methyl/N-ethyl adjacent to an activating group) is 1. The van der Waals surface area contributed by atoms with Gasteiger partial charge in [-0.3, -0.25) is 14.6 Å². The lowest BCUT2D eigenvalue weighted by Crippen LogP contribution is -2.66. The van der Waals surface area contributed by atoms with Gasteiger partial charge in [0.2, 0.25) is 11.8 Å². The minimum Gasteiger partial charge on any atom is -0.508 e. The van der Waals surface area contributed by atoms with Crippen LogP contribution in [0.1, 0.15) is 30.0 Å². The third-order valence-electron chi connectivity index (χ3n) is 8.71. The number of benzene rings is 3. The maximum Gasteiger partial charge on any atom is 0.332 e. The molecule has 3 aliphatic rings. The molecule has 3 aliphatic heterocycles. The maximum absolute atomic E-state index is 14.3. The number of hydrogen-bond donors (Lipinski definition) is 2. The van der Waals surface area contributed by atoms with Crippen molar-refractivity contribution in [3.63, 3.8) is 0 Å². The second-order valence-electron chi connectivity index (χ2n) is 11.8. The van der Waals surface area contributed by atoms with Crippen LogP contribution in [0.15, 0.2) is 72.8 Å². The molecule has 3 aromatic carbocycles. The Bertz CT molecular complexity index is 1530. The van der Waals surface area contributed by atoms with Gasteiger partial charge in [-0.25, -0.2) is 4.79 Å². The molecule has 0 aliphatic carbocycles. The lowest BCUT2D eigenvalue weighted by atomic mass is 9.99. The minimum absolute atomic E-state index is 0.00602. The van der Waals surface area contributed by atoms with Gasteiger partial charge >= 0.3 is 6.03 Å². The molecule has 6 rings (SSSR count). The monoisotopic (exact) mass is 612 g/mol. The number of hydrazine groups is 1. The zero-order valence-corrected chi connectivity index (χ0v) is 25.8. The van der Waals surface area contributed by atoms with E-state index >= 15 is 0 Å². The fourth-order valence-electron chi connectivity index (χ4n) is 6.52. The quantitative estimate of drug-likeness (QED) is 0.382. The first-order valence-electron chi connectivity index (χ1n) is 15.5. The molecule has 11 nitrogen and oxygen atoms in total. The third kappa shape index (κ3) is 6.26. The summed E-state index contributed by atoms with van der Waals surface area (Å²) in [7, 11) is 2.02.